The molecule has 24 heavy (non-hydrogen) atoms. The van der Waals surface area contributed by atoms with Crippen LogP contribution in [0.25, 0.3) is 10.8 Å². The van der Waals surface area contributed by atoms with Crippen molar-refractivity contribution in [3.8, 4) is 10.8 Å². The highest BCUT2D eigenvalue weighted by Gasteiger charge is 2.16. The van der Waals surface area contributed by atoms with Gasteiger partial charge in [0.25, 0.3) is 0 Å². The van der Waals surface area contributed by atoms with Crippen LogP contribution in [0, 0.1) is 27.7 Å². The predicted molar refractivity (Wildman–Crippen MR) is 97.5 cm³/mol. The monoisotopic (exact) mass is 340 g/mol. The summed E-state index contributed by atoms with van der Waals surface area (Å²) in [6.07, 6.45) is 0.202. The quantitative estimate of drug-likeness (QED) is 0.741. The minimum Gasteiger partial charge on any atom is -0.440 e. The zero-order valence-electron chi connectivity index (χ0n) is 14.3. The molecule has 2 heterocycles. The number of thiophene rings is 1. The molecule has 1 amide bonds. The first kappa shape index (κ1) is 16.5. The number of hydrogen-bond donors (Lipinski definition) is 1. The molecule has 0 aliphatic rings. The molecule has 124 valence electrons. The number of anilines is 1. The van der Waals surface area contributed by atoms with Crippen molar-refractivity contribution < 1.29 is 9.21 Å². The average Bonchev–Trinajstić information content (AvgIpc) is 3.13. The molecule has 3 aromatic rings. The summed E-state index contributed by atoms with van der Waals surface area (Å²) in [5.74, 6) is 1.18. The van der Waals surface area contributed by atoms with Crippen LogP contribution in [0.15, 0.2) is 34.1 Å². The summed E-state index contributed by atoms with van der Waals surface area (Å²) >= 11 is 1.57. The number of aromatic nitrogens is 1. The molecule has 0 bridgehead atoms. The maximum Gasteiger partial charge on any atom is 0.236 e. The Morgan fingerprint density at radius 3 is 2.54 bits per heavy atom. The van der Waals surface area contributed by atoms with Crippen molar-refractivity contribution in [2.45, 2.75) is 34.1 Å². The molecule has 0 saturated carbocycles. The lowest BCUT2D eigenvalue weighted by Gasteiger charge is -2.12. The van der Waals surface area contributed by atoms with E-state index < -0.39 is 0 Å². The molecule has 4 nitrogen and oxygen atoms in total. The van der Waals surface area contributed by atoms with Crippen LogP contribution in [0.2, 0.25) is 0 Å². The van der Waals surface area contributed by atoms with Gasteiger partial charge in [-0.15, -0.1) is 11.3 Å². The molecule has 0 spiro atoms. The Morgan fingerprint density at radius 2 is 1.92 bits per heavy atom. The van der Waals surface area contributed by atoms with E-state index in [9.17, 15) is 4.79 Å². The van der Waals surface area contributed by atoms with Crippen LogP contribution in [0.3, 0.4) is 0 Å². The number of carbonyl (C=O) groups is 1. The number of oxazole rings is 1. The molecule has 1 N–H and O–H groups in total. The molecule has 5 heteroatoms. The van der Waals surface area contributed by atoms with Crippen molar-refractivity contribution in [1.29, 1.82) is 0 Å². The van der Waals surface area contributed by atoms with Crippen LogP contribution < -0.4 is 5.32 Å². The third kappa shape index (κ3) is 3.41. The molecule has 0 aliphatic carbocycles. The van der Waals surface area contributed by atoms with E-state index in [4.69, 9.17) is 4.42 Å². The fourth-order valence-electron chi connectivity index (χ4n) is 2.81. The molecule has 2 aromatic heterocycles. The molecular weight excluding hydrogens is 320 g/mol. The number of carbonyl (C=O) groups excluding carboxylic acids is 1. The Labute approximate surface area is 145 Å². The van der Waals surface area contributed by atoms with Gasteiger partial charge >= 0.3 is 0 Å². The molecule has 0 aliphatic heterocycles. The minimum atomic E-state index is -0.0841. The highest BCUT2D eigenvalue weighted by Crippen LogP contribution is 2.26. The summed E-state index contributed by atoms with van der Waals surface area (Å²) in [6, 6.07) is 8.05. The van der Waals surface area contributed by atoms with E-state index in [-0.39, 0.29) is 12.3 Å². The molecule has 0 unspecified atom stereocenters. The lowest BCUT2D eigenvalue weighted by atomic mass is 10.0. The molecule has 0 saturated heterocycles. The van der Waals surface area contributed by atoms with Crippen LogP contribution in [0.5, 0.6) is 0 Å². The van der Waals surface area contributed by atoms with Gasteiger partial charge in [0.05, 0.1) is 17.0 Å². The van der Waals surface area contributed by atoms with E-state index in [1.807, 2.05) is 38.3 Å². The largest absolute Gasteiger partial charge is 0.440 e. The zero-order chi connectivity index (χ0) is 17.3. The maximum atomic E-state index is 12.4. The molecule has 0 atom stereocenters. The van der Waals surface area contributed by atoms with E-state index in [2.05, 4.69) is 29.4 Å². The number of rotatable bonds is 4. The summed E-state index contributed by atoms with van der Waals surface area (Å²) in [5, 5.41) is 4.98. The van der Waals surface area contributed by atoms with Crippen LogP contribution in [-0.4, -0.2) is 10.9 Å². The zero-order valence-corrected chi connectivity index (χ0v) is 15.1. The smallest absolute Gasteiger partial charge is 0.236 e. The second-order valence-corrected chi connectivity index (χ2v) is 6.95. The minimum absolute atomic E-state index is 0.0841. The van der Waals surface area contributed by atoms with E-state index in [1.54, 1.807) is 11.3 Å². The first-order chi connectivity index (χ1) is 11.4. The third-order valence-corrected chi connectivity index (χ3v) is 4.75. The maximum absolute atomic E-state index is 12.4. The Hall–Kier alpha value is -2.40. The van der Waals surface area contributed by atoms with E-state index in [0.29, 0.717) is 17.3 Å². The van der Waals surface area contributed by atoms with Crippen molar-refractivity contribution in [2.24, 2.45) is 0 Å². The molecule has 0 radical (unpaired) electrons. The van der Waals surface area contributed by atoms with Crippen LogP contribution in [-0.2, 0) is 11.2 Å². The van der Waals surface area contributed by atoms with Gasteiger partial charge in [0.15, 0.2) is 0 Å². The summed E-state index contributed by atoms with van der Waals surface area (Å²) in [6.45, 7) is 7.91. The summed E-state index contributed by atoms with van der Waals surface area (Å²) < 4.78 is 5.69. The summed E-state index contributed by atoms with van der Waals surface area (Å²) in [4.78, 5) is 17.9. The first-order valence-electron chi connectivity index (χ1n) is 7.82. The van der Waals surface area contributed by atoms with Crippen molar-refractivity contribution >= 4 is 22.9 Å². The molecule has 3 rings (SSSR count). The lowest BCUT2D eigenvalue weighted by Crippen LogP contribution is -2.16. The fourth-order valence-corrected chi connectivity index (χ4v) is 3.46. The molecular formula is C19H20N2O2S. The van der Waals surface area contributed by atoms with Gasteiger partial charge in [-0.2, -0.15) is 0 Å². The lowest BCUT2D eigenvalue weighted by molar-refractivity contribution is -0.115. The number of nitrogens with zero attached hydrogens (tertiary/aromatic N) is 1. The second-order valence-electron chi connectivity index (χ2n) is 6.00. The van der Waals surface area contributed by atoms with Crippen LogP contribution in [0.4, 0.5) is 5.69 Å². The van der Waals surface area contributed by atoms with Crippen LogP contribution >= 0.6 is 11.3 Å². The SMILES string of the molecule is Cc1cc(C)c(NC(=O)Cc2nc(-c3cccs3)oc2C)c(C)c1. The van der Waals surface area contributed by atoms with Crippen molar-refractivity contribution in [3.05, 3.63) is 57.8 Å². The van der Waals surface area contributed by atoms with E-state index in [0.717, 1.165) is 21.7 Å². The van der Waals surface area contributed by atoms with Gasteiger partial charge in [-0.1, -0.05) is 23.8 Å². The highest BCUT2D eigenvalue weighted by atomic mass is 32.1. The Bertz CT molecular complexity index is 856. The predicted octanol–water partition coefficient (Wildman–Crippen LogP) is 4.82. The van der Waals surface area contributed by atoms with Gasteiger partial charge in [0.1, 0.15) is 5.76 Å². The Balaban J connectivity index is 1.76. The normalized spacial score (nSPS) is 10.8. The van der Waals surface area contributed by atoms with Crippen LogP contribution in [0.1, 0.15) is 28.1 Å². The highest BCUT2D eigenvalue weighted by molar-refractivity contribution is 7.13. The summed E-state index contributed by atoms with van der Waals surface area (Å²) in [7, 11) is 0. The number of amides is 1. The Kier molecular flexibility index (Phi) is 4.53. The number of benzene rings is 1. The van der Waals surface area contributed by atoms with E-state index >= 15 is 0 Å². The summed E-state index contributed by atoms with van der Waals surface area (Å²) in [5.41, 5.74) is 4.88. The molecule has 1 aromatic carbocycles. The van der Waals surface area contributed by atoms with Gasteiger partial charge < -0.3 is 9.73 Å². The second kappa shape index (κ2) is 6.61. The molecule has 0 fully saturated rings. The van der Waals surface area contributed by atoms with Gasteiger partial charge in [0.2, 0.25) is 11.8 Å². The van der Waals surface area contributed by atoms with Gasteiger partial charge in [-0.25, -0.2) is 4.98 Å². The number of hydrogen-bond acceptors (Lipinski definition) is 4. The van der Waals surface area contributed by atoms with Gasteiger partial charge in [-0.05, 0) is 50.3 Å². The average molecular weight is 340 g/mol. The number of nitrogens with one attached hydrogen (secondary N) is 1. The Morgan fingerprint density at radius 1 is 1.21 bits per heavy atom. The third-order valence-electron chi connectivity index (χ3n) is 3.89. The van der Waals surface area contributed by atoms with E-state index in [1.165, 1.54) is 5.56 Å². The number of aryl methyl sites for hydroxylation is 4. The van der Waals surface area contributed by atoms with Crippen molar-refractivity contribution in [1.82, 2.24) is 4.98 Å². The first-order valence-corrected chi connectivity index (χ1v) is 8.70. The standard InChI is InChI=1S/C19H20N2O2S/c1-11-8-12(2)18(13(3)9-11)21-17(22)10-15-14(4)23-19(20-15)16-6-5-7-24-16/h5-9H,10H2,1-4H3,(H,21,22). The van der Waals surface area contributed by atoms with Gasteiger partial charge in [-0.3, -0.25) is 4.79 Å². The van der Waals surface area contributed by atoms with Crippen molar-refractivity contribution in [3.63, 3.8) is 0 Å². The topological polar surface area (TPSA) is 55.1 Å². The van der Waals surface area contributed by atoms with Crippen molar-refractivity contribution in [2.75, 3.05) is 5.32 Å². The van der Waals surface area contributed by atoms with Gasteiger partial charge in [0, 0.05) is 5.69 Å². The fraction of sp³-hybridized carbons (Fsp3) is 0.263.